The molecule has 4 N–H and O–H groups in total. The Kier molecular flexibility index (Phi) is 2.37. The molecule has 0 saturated heterocycles. The van der Waals surface area contributed by atoms with Gasteiger partial charge in [-0.25, -0.2) is 10.5 Å². The van der Waals surface area contributed by atoms with Crippen LogP contribution in [0.4, 0.5) is 0 Å². The van der Waals surface area contributed by atoms with Crippen LogP contribution >= 0.6 is 0 Å². The summed E-state index contributed by atoms with van der Waals surface area (Å²) in [6.07, 6.45) is 1.01. The molecule has 1 aliphatic carbocycles. The van der Waals surface area contributed by atoms with Crippen molar-refractivity contribution in [3.05, 3.63) is 35.9 Å². The summed E-state index contributed by atoms with van der Waals surface area (Å²) in [5.74, 6) is 0.552. The van der Waals surface area contributed by atoms with E-state index >= 15 is 0 Å². The van der Waals surface area contributed by atoms with E-state index in [0.717, 1.165) is 6.42 Å². The summed E-state index contributed by atoms with van der Waals surface area (Å²) >= 11 is 0. The smallest absolute Gasteiger partial charge is 0.213 e. The second-order valence-corrected chi connectivity index (χ2v) is 3.45. The number of aliphatic imine (C=N–C) groups is 1. The molecular weight excluding hydrogens is 178 g/mol. The number of guanidine groups is 1. The first-order valence-electron chi connectivity index (χ1n) is 4.59. The van der Waals surface area contributed by atoms with Gasteiger partial charge in [-0.3, -0.25) is 5.21 Å². The molecule has 0 radical (unpaired) electrons. The highest BCUT2D eigenvalue weighted by Gasteiger charge is 2.38. The number of hydrogen-bond acceptors (Lipinski definition) is 2. The van der Waals surface area contributed by atoms with E-state index in [1.165, 1.54) is 5.56 Å². The summed E-state index contributed by atoms with van der Waals surface area (Å²) in [5.41, 5.74) is 8.46. The maximum Gasteiger partial charge on any atom is 0.213 e. The molecule has 0 spiro atoms. The standard InChI is InChI=1S/C10H13N3O/c11-10(13-14)12-9-6-8(9)7-4-2-1-3-5-7/h1-5,8-9,14H,6H2,(H3,11,12,13). The van der Waals surface area contributed by atoms with Crippen LogP contribution in [0.5, 0.6) is 0 Å². The van der Waals surface area contributed by atoms with E-state index in [9.17, 15) is 0 Å². The molecule has 14 heavy (non-hydrogen) atoms. The predicted octanol–water partition coefficient (Wildman–Crippen LogP) is 0.836. The summed E-state index contributed by atoms with van der Waals surface area (Å²) in [5, 5.41) is 8.46. The quantitative estimate of drug-likeness (QED) is 0.368. The molecule has 1 fully saturated rings. The van der Waals surface area contributed by atoms with E-state index in [2.05, 4.69) is 17.1 Å². The third-order valence-corrected chi connectivity index (χ3v) is 2.40. The lowest BCUT2D eigenvalue weighted by Gasteiger charge is -1.98. The van der Waals surface area contributed by atoms with Crippen LogP contribution in [-0.2, 0) is 0 Å². The van der Waals surface area contributed by atoms with Gasteiger partial charge < -0.3 is 5.73 Å². The van der Waals surface area contributed by atoms with Gasteiger partial charge in [0.2, 0.25) is 5.96 Å². The van der Waals surface area contributed by atoms with Gasteiger partial charge in [0.25, 0.3) is 0 Å². The highest BCUT2D eigenvalue weighted by atomic mass is 16.5. The van der Waals surface area contributed by atoms with E-state index in [4.69, 9.17) is 10.9 Å². The zero-order valence-corrected chi connectivity index (χ0v) is 7.72. The van der Waals surface area contributed by atoms with Crippen molar-refractivity contribution >= 4 is 5.96 Å². The summed E-state index contributed by atoms with van der Waals surface area (Å²) < 4.78 is 0. The molecule has 0 amide bonds. The second-order valence-electron chi connectivity index (χ2n) is 3.45. The monoisotopic (exact) mass is 191 g/mol. The summed E-state index contributed by atoms with van der Waals surface area (Å²) in [7, 11) is 0. The normalized spacial score (nSPS) is 25.9. The minimum Gasteiger partial charge on any atom is -0.368 e. The SMILES string of the molecule is NC(=NC1CC1c1ccccc1)NO. The largest absolute Gasteiger partial charge is 0.368 e. The van der Waals surface area contributed by atoms with Crippen molar-refractivity contribution in [3.63, 3.8) is 0 Å². The molecule has 1 aliphatic rings. The number of hydroxylamine groups is 1. The average Bonchev–Trinajstić information content (AvgIpc) is 2.98. The Morgan fingerprint density at radius 3 is 2.79 bits per heavy atom. The van der Waals surface area contributed by atoms with E-state index in [1.807, 2.05) is 23.7 Å². The average molecular weight is 191 g/mol. The van der Waals surface area contributed by atoms with Crippen molar-refractivity contribution in [2.75, 3.05) is 0 Å². The van der Waals surface area contributed by atoms with Gasteiger partial charge in [0.05, 0.1) is 6.04 Å². The zero-order chi connectivity index (χ0) is 9.97. The molecule has 0 heterocycles. The highest BCUT2D eigenvalue weighted by molar-refractivity contribution is 5.77. The first-order chi connectivity index (χ1) is 6.81. The van der Waals surface area contributed by atoms with E-state index in [-0.39, 0.29) is 12.0 Å². The Hall–Kier alpha value is -1.55. The number of nitrogens with one attached hydrogen (secondary N) is 1. The first-order valence-corrected chi connectivity index (χ1v) is 4.59. The zero-order valence-electron chi connectivity index (χ0n) is 7.72. The lowest BCUT2D eigenvalue weighted by molar-refractivity contribution is 0.232. The molecule has 1 saturated carbocycles. The fraction of sp³-hybridized carbons (Fsp3) is 0.300. The van der Waals surface area contributed by atoms with Crippen molar-refractivity contribution in [1.82, 2.24) is 5.48 Å². The van der Waals surface area contributed by atoms with E-state index in [1.54, 1.807) is 0 Å². The number of hydrogen-bond donors (Lipinski definition) is 3. The van der Waals surface area contributed by atoms with Crippen LogP contribution in [0.2, 0.25) is 0 Å². The fourth-order valence-electron chi connectivity index (χ4n) is 1.59. The third-order valence-electron chi connectivity index (χ3n) is 2.40. The molecule has 2 atom stereocenters. The molecule has 1 aromatic carbocycles. The van der Waals surface area contributed by atoms with Gasteiger partial charge >= 0.3 is 0 Å². The van der Waals surface area contributed by atoms with Gasteiger partial charge in [-0.05, 0) is 12.0 Å². The summed E-state index contributed by atoms with van der Waals surface area (Å²) in [4.78, 5) is 4.10. The van der Waals surface area contributed by atoms with Crippen LogP contribution in [0, 0.1) is 0 Å². The molecule has 0 aliphatic heterocycles. The molecule has 4 nitrogen and oxygen atoms in total. The van der Waals surface area contributed by atoms with Crippen LogP contribution in [0.25, 0.3) is 0 Å². The lowest BCUT2D eigenvalue weighted by Crippen LogP contribution is -2.28. The number of nitrogens with zero attached hydrogens (tertiary/aromatic N) is 1. The number of nitrogens with two attached hydrogens (primary N) is 1. The van der Waals surface area contributed by atoms with Crippen molar-refractivity contribution in [2.45, 2.75) is 18.4 Å². The van der Waals surface area contributed by atoms with Gasteiger partial charge in [-0.15, -0.1) is 0 Å². The van der Waals surface area contributed by atoms with Gasteiger partial charge in [-0.2, -0.15) is 0 Å². The second kappa shape index (κ2) is 3.67. The van der Waals surface area contributed by atoms with Crippen LogP contribution in [0.1, 0.15) is 17.9 Å². The molecule has 2 rings (SSSR count). The number of benzene rings is 1. The third kappa shape index (κ3) is 1.85. The first kappa shape index (κ1) is 9.02. The minimum atomic E-state index is 0.0911. The van der Waals surface area contributed by atoms with Gasteiger partial charge in [-0.1, -0.05) is 30.3 Å². The topological polar surface area (TPSA) is 70.6 Å². The molecule has 2 unspecified atom stereocenters. The molecule has 0 bridgehead atoms. The highest BCUT2D eigenvalue weighted by Crippen LogP contribution is 2.43. The van der Waals surface area contributed by atoms with Crippen molar-refractivity contribution < 1.29 is 5.21 Å². The van der Waals surface area contributed by atoms with Crippen molar-refractivity contribution in [3.8, 4) is 0 Å². The van der Waals surface area contributed by atoms with Crippen molar-refractivity contribution in [2.24, 2.45) is 10.7 Å². The van der Waals surface area contributed by atoms with Crippen LogP contribution in [0.3, 0.4) is 0 Å². The molecule has 0 aromatic heterocycles. The predicted molar refractivity (Wildman–Crippen MR) is 54.1 cm³/mol. The molecule has 74 valence electrons. The molecule has 4 heteroatoms. The van der Waals surface area contributed by atoms with Crippen LogP contribution in [-0.4, -0.2) is 17.2 Å². The fourth-order valence-corrected chi connectivity index (χ4v) is 1.59. The van der Waals surface area contributed by atoms with Crippen LogP contribution < -0.4 is 11.2 Å². The Morgan fingerprint density at radius 1 is 1.43 bits per heavy atom. The molecular formula is C10H13N3O. The maximum atomic E-state index is 8.46. The molecule has 1 aromatic rings. The number of rotatable bonds is 2. The van der Waals surface area contributed by atoms with E-state index < -0.39 is 0 Å². The van der Waals surface area contributed by atoms with Gasteiger partial charge in [0, 0.05) is 5.92 Å². The van der Waals surface area contributed by atoms with Gasteiger partial charge in [0.15, 0.2) is 0 Å². The Labute approximate surface area is 82.4 Å². The Balaban J connectivity index is 2.00. The van der Waals surface area contributed by atoms with Gasteiger partial charge in [0.1, 0.15) is 0 Å². The lowest BCUT2D eigenvalue weighted by atomic mass is 10.1. The maximum absolute atomic E-state index is 8.46. The summed E-state index contributed by atoms with van der Waals surface area (Å²) in [6.45, 7) is 0. The Bertz CT molecular complexity index is 336. The summed E-state index contributed by atoms with van der Waals surface area (Å²) in [6, 6.07) is 10.4. The van der Waals surface area contributed by atoms with Crippen molar-refractivity contribution in [1.29, 1.82) is 0 Å². The Morgan fingerprint density at radius 2 is 2.14 bits per heavy atom. The minimum absolute atomic E-state index is 0.0911. The van der Waals surface area contributed by atoms with E-state index in [0.29, 0.717) is 5.92 Å². The van der Waals surface area contributed by atoms with Crippen LogP contribution in [0.15, 0.2) is 35.3 Å².